The first-order valence-corrected chi connectivity index (χ1v) is 6.76. The smallest absolute Gasteiger partial charge is 0.0386 e. The van der Waals surface area contributed by atoms with Gasteiger partial charge in [0.1, 0.15) is 0 Å². The fourth-order valence-electron chi connectivity index (χ4n) is 1.77. The first-order chi connectivity index (χ1) is 8.25. The minimum absolute atomic E-state index is 0.440. The highest BCUT2D eigenvalue weighted by atomic mass is 32.1. The molecule has 3 heteroatoms. The Bertz CT molecular complexity index is 450. The predicted molar refractivity (Wildman–Crippen MR) is 73.4 cm³/mol. The average molecular weight is 246 g/mol. The van der Waals surface area contributed by atoms with Gasteiger partial charge in [-0.2, -0.15) is 0 Å². The van der Waals surface area contributed by atoms with Crippen molar-refractivity contribution >= 4 is 11.3 Å². The van der Waals surface area contributed by atoms with Gasteiger partial charge in [-0.1, -0.05) is 0 Å². The normalized spacial score (nSPS) is 12.6. The zero-order chi connectivity index (χ0) is 12.1. The fraction of sp³-hybridized carbons (Fsp3) is 0.357. The molecule has 2 rings (SSSR count). The molecule has 0 saturated heterocycles. The van der Waals surface area contributed by atoms with Crippen molar-refractivity contribution in [3.63, 3.8) is 0 Å². The van der Waals surface area contributed by atoms with Crippen molar-refractivity contribution in [1.82, 2.24) is 10.3 Å². The van der Waals surface area contributed by atoms with E-state index < -0.39 is 0 Å². The van der Waals surface area contributed by atoms with Crippen molar-refractivity contribution in [2.24, 2.45) is 0 Å². The van der Waals surface area contributed by atoms with Gasteiger partial charge in [0, 0.05) is 28.2 Å². The molecule has 0 radical (unpaired) electrons. The van der Waals surface area contributed by atoms with Gasteiger partial charge in [-0.05, 0) is 56.6 Å². The van der Waals surface area contributed by atoms with Gasteiger partial charge in [-0.3, -0.25) is 4.98 Å². The highest BCUT2D eigenvalue weighted by molar-refractivity contribution is 7.12. The second-order valence-corrected chi connectivity index (χ2v) is 5.55. The molecule has 17 heavy (non-hydrogen) atoms. The maximum absolute atomic E-state index is 4.02. The van der Waals surface area contributed by atoms with Crippen LogP contribution in [0.1, 0.15) is 28.3 Å². The van der Waals surface area contributed by atoms with E-state index >= 15 is 0 Å². The van der Waals surface area contributed by atoms with E-state index in [0.29, 0.717) is 6.04 Å². The van der Waals surface area contributed by atoms with Crippen LogP contribution in [0.5, 0.6) is 0 Å². The lowest BCUT2D eigenvalue weighted by Crippen LogP contribution is -2.20. The third kappa shape index (κ3) is 3.65. The van der Waals surface area contributed by atoms with Crippen LogP contribution < -0.4 is 5.32 Å². The molecule has 0 aromatic carbocycles. The third-order valence-corrected chi connectivity index (χ3v) is 3.98. The van der Waals surface area contributed by atoms with Gasteiger partial charge in [0.15, 0.2) is 0 Å². The number of hydrogen-bond donors (Lipinski definition) is 1. The third-order valence-electron chi connectivity index (χ3n) is 2.80. The van der Waals surface area contributed by atoms with Crippen LogP contribution in [0.4, 0.5) is 0 Å². The largest absolute Gasteiger partial charge is 0.309 e. The Kier molecular flexibility index (Phi) is 4.29. The van der Waals surface area contributed by atoms with Crippen LogP contribution in [-0.2, 0) is 6.42 Å². The van der Waals surface area contributed by atoms with Gasteiger partial charge in [-0.25, -0.2) is 0 Å². The number of pyridine rings is 1. The standard InChI is InChI=1S/C14H18N2S/c1-11-3-4-14(17-11)12(2)16-10-7-13-5-8-15-9-6-13/h3-6,8-9,12,16H,7,10H2,1-2H3. The molecule has 2 nitrogen and oxygen atoms in total. The van der Waals surface area contributed by atoms with Crippen molar-refractivity contribution in [3.8, 4) is 0 Å². The van der Waals surface area contributed by atoms with Crippen LogP contribution in [0, 0.1) is 6.92 Å². The van der Waals surface area contributed by atoms with Crippen LogP contribution in [0.2, 0.25) is 0 Å². The Morgan fingerprint density at radius 3 is 2.65 bits per heavy atom. The molecular weight excluding hydrogens is 228 g/mol. The molecule has 0 aliphatic carbocycles. The number of aromatic nitrogens is 1. The Labute approximate surface area is 107 Å². The van der Waals surface area contributed by atoms with Crippen LogP contribution >= 0.6 is 11.3 Å². The van der Waals surface area contributed by atoms with Gasteiger partial charge in [0.25, 0.3) is 0 Å². The average Bonchev–Trinajstić information content (AvgIpc) is 2.77. The summed E-state index contributed by atoms with van der Waals surface area (Å²) in [5, 5.41) is 3.55. The van der Waals surface area contributed by atoms with Crippen molar-refractivity contribution in [3.05, 3.63) is 52.0 Å². The molecule has 1 atom stereocenters. The molecule has 0 fully saturated rings. The summed E-state index contributed by atoms with van der Waals surface area (Å²) in [6.45, 7) is 5.37. The molecule has 0 saturated carbocycles. The molecule has 0 bridgehead atoms. The molecular formula is C14H18N2S. The van der Waals surface area contributed by atoms with E-state index in [1.165, 1.54) is 15.3 Å². The summed E-state index contributed by atoms with van der Waals surface area (Å²) in [5.41, 5.74) is 1.34. The zero-order valence-corrected chi connectivity index (χ0v) is 11.1. The highest BCUT2D eigenvalue weighted by Gasteiger charge is 2.06. The first-order valence-electron chi connectivity index (χ1n) is 5.94. The highest BCUT2D eigenvalue weighted by Crippen LogP contribution is 2.22. The van der Waals surface area contributed by atoms with E-state index in [1.54, 1.807) is 0 Å². The summed E-state index contributed by atoms with van der Waals surface area (Å²) in [6, 6.07) is 8.98. The summed E-state index contributed by atoms with van der Waals surface area (Å²) in [5.74, 6) is 0. The van der Waals surface area contributed by atoms with Crippen LogP contribution in [-0.4, -0.2) is 11.5 Å². The summed E-state index contributed by atoms with van der Waals surface area (Å²) in [4.78, 5) is 6.81. The number of nitrogens with zero attached hydrogens (tertiary/aromatic N) is 1. The summed E-state index contributed by atoms with van der Waals surface area (Å²) in [6.07, 6.45) is 4.75. The maximum Gasteiger partial charge on any atom is 0.0386 e. The Morgan fingerprint density at radius 2 is 2.00 bits per heavy atom. The van der Waals surface area contributed by atoms with Gasteiger partial charge in [0.05, 0.1) is 0 Å². The second kappa shape index (κ2) is 5.94. The molecule has 0 aliphatic heterocycles. The van der Waals surface area contributed by atoms with Gasteiger partial charge in [-0.15, -0.1) is 11.3 Å². The van der Waals surface area contributed by atoms with E-state index in [2.05, 4.69) is 48.4 Å². The molecule has 2 aromatic rings. The zero-order valence-electron chi connectivity index (χ0n) is 10.3. The molecule has 0 spiro atoms. The molecule has 1 unspecified atom stereocenters. The van der Waals surface area contributed by atoms with E-state index in [1.807, 2.05) is 23.7 Å². The molecule has 1 N–H and O–H groups in total. The van der Waals surface area contributed by atoms with Crippen LogP contribution in [0.3, 0.4) is 0 Å². The predicted octanol–water partition coefficient (Wildman–Crippen LogP) is 3.34. The maximum atomic E-state index is 4.02. The number of hydrogen-bond acceptors (Lipinski definition) is 3. The molecule has 0 aliphatic rings. The SMILES string of the molecule is Cc1ccc(C(C)NCCc2ccncc2)s1. The van der Waals surface area contributed by atoms with Crippen molar-refractivity contribution in [2.75, 3.05) is 6.54 Å². The number of thiophene rings is 1. The Balaban J connectivity index is 1.79. The molecule has 2 aromatic heterocycles. The van der Waals surface area contributed by atoms with Crippen LogP contribution in [0.15, 0.2) is 36.7 Å². The summed E-state index contributed by atoms with van der Waals surface area (Å²) >= 11 is 1.87. The van der Waals surface area contributed by atoms with Gasteiger partial charge >= 0.3 is 0 Å². The minimum atomic E-state index is 0.440. The minimum Gasteiger partial charge on any atom is -0.309 e. The quantitative estimate of drug-likeness (QED) is 0.875. The second-order valence-electron chi connectivity index (χ2n) is 4.23. The van der Waals surface area contributed by atoms with Crippen molar-refractivity contribution in [2.45, 2.75) is 26.3 Å². The topological polar surface area (TPSA) is 24.9 Å². The van der Waals surface area contributed by atoms with E-state index in [-0.39, 0.29) is 0 Å². The first kappa shape index (κ1) is 12.3. The summed E-state index contributed by atoms with van der Waals surface area (Å²) in [7, 11) is 0. The van der Waals surface area contributed by atoms with E-state index in [9.17, 15) is 0 Å². The lowest BCUT2D eigenvalue weighted by atomic mass is 10.2. The van der Waals surface area contributed by atoms with Crippen LogP contribution in [0.25, 0.3) is 0 Å². The molecule has 2 heterocycles. The molecule has 90 valence electrons. The fourth-order valence-corrected chi connectivity index (χ4v) is 2.67. The number of rotatable bonds is 5. The van der Waals surface area contributed by atoms with Crippen molar-refractivity contribution in [1.29, 1.82) is 0 Å². The van der Waals surface area contributed by atoms with E-state index in [0.717, 1.165) is 13.0 Å². The van der Waals surface area contributed by atoms with Gasteiger partial charge in [0.2, 0.25) is 0 Å². The van der Waals surface area contributed by atoms with E-state index in [4.69, 9.17) is 0 Å². The summed E-state index contributed by atoms with van der Waals surface area (Å²) < 4.78 is 0. The number of aryl methyl sites for hydroxylation is 1. The monoisotopic (exact) mass is 246 g/mol. The van der Waals surface area contributed by atoms with Gasteiger partial charge < -0.3 is 5.32 Å². The Hall–Kier alpha value is -1.19. The molecule has 0 amide bonds. The lowest BCUT2D eigenvalue weighted by Gasteiger charge is -2.11. The van der Waals surface area contributed by atoms with Crippen molar-refractivity contribution < 1.29 is 0 Å². The lowest BCUT2D eigenvalue weighted by molar-refractivity contribution is 0.584. The Morgan fingerprint density at radius 1 is 1.24 bits per heavy atom. The number of nitrogens with one attached hydrogen (secondary N) is 1.